The Labute approximate surface area is 166 Å². The van der Waals surface area contributed by atoms with Gasteiger partial charge in [-0.1, -0.05) is 23.7 Å². The lowest BCUT2D eigenvalue weighted by molar-refractivity contribution is 0.0734. The summed E-state index contributed by atoms with van der Waals surface area (Å²) >= 11 is 5.89. The molecule has 6 heteroatoms. The molecule has 0 atom stereocenters. The first kappa shape index (κ1) is 17.9. The Morgan fingerprint density at radius 2 is 1.96 bits per heavy atom. The highest BCUT2D eigenvalue weighted by Gasteiger charge is 2.30. The van der Waals surface area contributed by atoms with Crippen LogP contribution >= 0.6 is 11.6 Å². The number of Topliss-reactive ketones (excluding diaryl/α,β-unsaturated/α-hetero) is 1. The van der Waals surface area contributed by atoms with Crippen LogP contribution in [0.25, 0.3) is 6.08 Å². The molecule has 0 aliphatic carbocycles. The van der Waals surface area contributed by atoms with E-state index in [0.29, 0.717) is 33.2 Å². The normalized spacial score (nSPS) is 13.9. The Hall–Kier alpha value is -3.44. The first-order chi connectivity index (χ1) is 13.5. The van der Waals surface area contributed by atoms with Gasteiger partial charge in [0.15, 0.2) is 5.76 Å². The number of carbonyl (C=O) groups excluding carboxylic acids is 2. The number of pyridine rings is 1. The Morgan fingerprint density at radius 1 is 1.18 bits per heavy atom. The second kappa shape index (κ2) is 7.29. The number of rotatable bonds is 3. The van der Waals surface area contributed by atoms with Crippen molar-refractivity contribution in [2.45, 2.75) is 6.92 Å². The lowest BCUT2D eigenvalue weighted by Crippen LogP contribution is -2.09. The standard InChI is InChI=1S/C22H14ClNO4/c1-13-9-17(27-22(26)15-3-2-8-24-12-15)11-18-20(13)21(25)19(28-18)10-14-4-6-16(23)7-5-14/h2-12H,1H3/b19-10-. The number of hydrogen-bond acceptors (Lipinski definition) is 5. The molecule has 0 saturated heterocycles. The van der Waals surface area contributed by atoms with Crippen LogP contribution in [0.15, 0.2) is 66.7 Å². The Bertz CT molecular complexity index is 1110. The highest BCUT2D eigenvalue weighted by molar-refractivity contribution is 6.30. The number of aromatic nitrogens is 1. The van der Waals surface area contributed by atoms with E-state index in [1.165, 1.54) is 12.3 Å². The van der Waals surface area contributed by atoms with Crippen LogP contribution < -0.4 is 9.47 Å². The number of ether oxygens (including phenoxy) is 2. The third-order valence-corrected chi connectivity index (χ3v) is 4.47. The number of carbonyl (C=O) groups is 2. The van der Waals surface area contributed by atoms with Crippen molar-refractivity contribution in [3.05, 3.63) is 94.0 Å². The maximum absolute atomic E-state index is 12.7. The summed E-state index contributed by atoms with van der Waals surface area (Å²) in [4.78, 5) is 28.8. The number of hydrogen-bond donors (Lipinski definition) is 0. The summed E-state index contributed by atoms with van der Waals surface area (Å²) < 4.78 is 11.1. The monoisotopic (exact) mass is 391 g/mol. The van der Waals surface area contributed by atoms with Crippen molar-refractivity contribution in [2.75, 3.05) is 0 Å². The molecule has 28 heavy (non-hydrogen) atoms. The molecule has 138 valence electrons. The molecule has 0 bridgehead atoms. The van der Waals surface area contributed by atoms with Crippen molar-refractivity contribution in [1.29, 1.82) is 0 Å². The van der Waals surface area contributed by atoms with Gasteiger partial charge in [0.1, 0.15) is 11.5 Å². The van der Waals surface area contributed by atoms with E-state index in [1.54, 1.807) is 61.7 Å². The van der Waals surface area contributed by atoms with Gasteiger partial charge < -0.3 is 9.47 Å². The predicted molar refractivity (Wildman–Crippen MR) is 105 cm³/mol. The summed E-state index contributed by atoms with van der Waals surface area (Å²) in [6.07, 6.45) is 4.65. The summed E-state index contributed by atoms with van der Waals surface area (Å²) in [6.45, 7) is 1.77. The summed E-state index contributed by atoms with van der Waals surface area (Å²) in [5.41, 5.74) is 2.25. The van der Waals surface area contributed by atoms with Gasteiger partial charge >= 0.3 is 5.97 Å². The molecule has 0 unspecified atom stereocenters. The van der Waals surface area contributed by atoms with Crippen LogP contribution in [0.2, 0.25) is 5.02 Å². The molecule has 0 radical (unpaired) electrons. The number of fused-ring (bicyclic) bond motifs is 1. The van der Waals surface area contributed by atoms with Crippen molar-refractivity contribution in [3.63, 3.8) is 0 Å². The summed E-state index contributed by atoms with van der Waals surface area (Å²) in [5.74, 6) is 0.113. The van der Waals surface area contributed by atoms with E-state index in [0.717, 1.165) is 5.56 Å². The first-order valence-corrected chi connectivity index (χ1v) is 8.86. The number of benzene rings is 2. The molecule has 4 rings (SSSR count). The lowest BCUT2D eigenvalue weighted by atomic mass is 10.0. The zero-order valence-electron chi connectivity index (χ0n) is 14.8. The van der Waals surface area contributed by atoms with Crippen molar-refractivity contribution >= 4 is 29.4 Å². The fourth-order valence-electron chi connectivity index (χ4n) is 2.90. The highest BCUT2D eigenvalue weighted by Crippen LogP contribution is 2.37. The smallest absolute Gasteiger partial charge is 0.345 e. The third-order valence-electron chi connectivity index (χ3n) is 4.22. The number of ketones is 1. The SMILES string of the molecule is Cc1cc(OC(=O)c2cccnc2)cc2c1C(=O)/C(=C/c1ccc(Cl)cc1)O2. The third kappa shape index (κ3) is 3.52. The van der Waals surface area contributed by atoms with Crippen molar-refractivity contribution in [1.82, 2.24) is 4.98 Å². The van der Waals surface area contributed by atoms with Gasteiger partial charge in [-0.15, -0.1) is 0 Å². The van der Waals surface area contributed by atoms with Gasteiger partial charge in [0.05, 0.1) is 11.1 Å². The minimum Gasteiger partial charge on any atom is -0.452 e. The van der Waals surface area contributed by atoms with E-state index in [9.17, 15) is 9.59 Å². The Kier molecular flexibility index (Phi) is 4.67. The van der Waals surface area contributed by atoms with Crippen molar-refractivity contribution in [3.8, 4) is 11.5 Å². The summed E-state index contributed by atoms with van der Waals surface area (Å²) in [5, 5.41) is 0.611. The van der Waals surface area contributed by atoms with E-state index in [-0.39, 0.29) is 11.5 Å². The molecule has 5 nitrogen and oxygen atoms in total. The maximum atomic E-state index is 12.7. The van der Waals surface area contributed by atoms with E-state index in [4.69, 9.17) is 21.1 Å². The molecule has 1 aromatic heterocycles. The van der Waals surface area contributed by atoms with Crippen LogP contribution in [0.4, 0.5) is 0 Å². The van der Waals surface area contributed by atoms with Gasteiger partial charge in [-0.3, -0.25) is 9.78 Å². The van der Waals surface area contributed by atoms with Crippen LogP contribution in [0, 0.1) is 6.92 Å². The second-order valence-electron chi connectivity index (χ2n) is 6.24. The van der Waals surface area contributed by atoms with Gasteiger partial charge in [0.25, 0.3) is 0 Å². The maximum Gasteiger partial charge on any atom is 0.345 e. The van der Waals surface area contributed by atoms with E-state index in [1.807, 2.05) is 0 Å². The molecule has 1 aliphatic heterocycles. The number of esters is 1. The number of halogens is 1. The average molecular weight is 392 g/mol. The van der Waals surface area contributed by atoms with Crippen LogP contribution in [-0.2, 0) is 0 Å². The molecular formula is C22H14ClNO4. The van der Waals surface area contributed by atoms with E-state index < -0.39 is 5.97 Å². The number of aryl methyl sites for hydroxylation is 1. The van der Waals surface area contributed by atoms with Crippen molar-refractivity contribution < 1.29 is 19.1 Å². The predicted octanol–water partition coefficient (Wildman–Crippen LogP) is 4.88. The van der Waals surface area contributed by atoms with E-state index in [2.05, 4.69) is 4.98 Å². The van der Waals surface area contributed by atoms with Gasteiger partial charge in [0.2, 0.25) is 5.78 Å². The zero-order valence-corrected chi connectivity index (χ0v) is 15.6. The highest BCUT2D eigenvalue weighted by atomic mass is 35.5. The molecular weight excluding hydrogens is 378 g/mol. The first-order valence-electron chi connectivity index (χ1n) is 8.48. The van der Waals surface area contributed by atoms with Gasteiger partial charge in [0, 0.05) is 23.5 Å². The largest absolute Gasteiger partial charge is 0.452 e. The molecule has 0 spiro atoms. The molecule has 0 amide bonds. The van der Waals surface area contributed by atoms with Crippen molar-refractivity contribution in [2.24, 2.45) is 0 Å². The molecule has 0 fully saturated rings. The molecule has 3 aromatic rings. The van der Waals surface area contributed by atoms with Crippen LogP contribution in [0.1, 0.15) is 31.8 Å². The minimum atomic E-state index is -0.534. The topological polar surface area (TPSA) is 65.5 Å². The minimum absolute atomic E-state index is 0.205. The second-order valence-corrected chi connectivity index (χ2v) is 6.67. The van der Waals surface area contributed by atoms with Crippen LogP contribution in [0.3, 0.4) is 0 Å². The van der Waals surface area contributed by atoms with Gasteiger partial charge in [-0.25, -0.2) is 4.79 Å². The fraction of sp³-hybridized carbons (Fsp3) is 0.0455. The zero-order chi connectivity index (χ0) is 19.7. The average Bonchev–Trinajstić information content (AvgIpc) is 3.00. The van der Waals surface area contributed by atoms with Gasteiger partial charge in [-0.2, -0.15) is 0 Å². The van der Waals surface area contributed by atoms with E-state index >= 15 is 0 Å². The van der Waals surface area contributed by atoms with Crippen LogP contribution in [0.5, 0.6) is 11.5 Å². The number of nitrogens with zero attached hydrogens (tertiary/aromatic N) is 1. The van der Waals surface area contributed by atoms with Gasteiger partial charge in [-0.05, 0) is 54.5 Å². The lowest BCUT2D eigenvalue weighted by Gasteiger charge is -2.07. The summed E-state index contributed by atoms with van der Waals surface area (Å²) in [7, 11) is 0. The Balaban J connectivity index is 1.61. The quantitative estimate of drug-likeness (QED) is 0.361. The fourth-order valence-corrected chi connectivity index (χ4v) is 3.02. The summed E-state index contributed by atoms with van der Waals surface area (Å²) in [6, 6.07) is 13.5. The Morgan fingerprint density at radius 3 is 2.68 bits per heavy atom. The molecule has 0 N–H and O–H groups in total. The molecule has 1 aliphatic rings. The molecule has 2 heterocycles. The number of allylic oxidation sites excluding steroid dienone is 1. The van der Waals surface area contributed by atoms with Crippen LogP contribution in [-0.4, -0.2) is 16.7 Å². The molecule has 2 aromatic carbocycles. The molecule has 0 saturated carbocycles.